The molecular formula is C5H7LiO4. The Morgan fingerprint density at radius 3 is 1.60 bits per heavy atom. The van der Waals surface area contributed by atoms with Crippen molar-refractivity contribution in [2.75, 3.05) is 0 Å². The van der Waals surface area contributed by atoms with Crippen molar-refractivity contribution in [1.29, 1.82) is 0 Å². The molecule has 0 aromatic carbocycles. The molecule has 0 aliphatic carbocycles. The summed E-state index contributed by atoms with van der Waals surface area (Å²) in [4.78, 5) is 30.2. The van der Waals surface area contributed by atoms with Gasteiger partial charge in [-0.3, -0.25) is 9.59 Å². The first kappa shape index (κ1) is 12.1. The molecule has 0 aromatic rings. The monoisotopic (exact) mass is 138 g/mol. The Kier molecular flexibility index (Phi) is 6.32. The number of carbonyl (C=O) groups is 3. The normalized spacial score (nSPS) is 7.40. The van der Waals surface area contributed by atoms with Crippen LogP contribution in [0.3, 0.4) is 0 Å². The molecule has 0 amide bonds. The van der Waals surface area contributed by atoms with Gasteiger partial charge < -0.3 is 4.74 Å². The van der Waals surface area contributed by atoms with Gasteiger partial charge in [0.1, 0.15) is 0 Å². The molecule has 0 N–H and O–H groups in total. The third-order valence-corrected chi connectivity index (χ3v) is 0.524. The minimum absolute atomic E-state index is 0. The summed E-state index contributed by atoms with van der Waals surface area (Å²) >= 11 is 0. The maximum absolute atomic E-state index is 10.2. The van der Waals surface area contributed by atoms with E-state index in [2.05, 4.69) is 4.74 Å². The number of ketones is 1. The van der Waals surface area contributed by atoms with Crippen LogP contribution in [-0.2, 0) is 19.1 Å². The first-order valence-electron chi connectivity index (χ1n) is 2.27. The third kappa shape index (κ3) is 5.54. The molecule has 0 aliphatic rings. The van der Waals surface area contributed by atoms with Crippen LogP contribution in [0.2, 0.25) is 0 Å². The van der Waals surface area contributed by atoms with Gasteiger partial charge in [0.25, 0.3) is 0 Å². The predicted octanol–water partition coefficient (Wildman–Crippen LogP) is -0.983. The zero-order valence-electron chi connectivity index (χ0n) is 5.13. The summed E-state index contributed by atoms with van der Waals surface area (Å²) < 4.78 is 3.88. The number of hydrogen-bond acceptors (Lipinski definition) is 4. The SMILES string of the molecule is CC(=O)OC(=O)C(C)=O.[LiH]. The zero-order valence-corrected chi connectivity index (χ0v) is 5.13. The van der Waals surface area contributed by atoms with Gasteiger partial charge in [-0.05, 0) is 0 Å². The average Bonchev–Trinajstić information content (AvgIpc) is 1.63. The second kappa shape index (κ2) is 5.21. The number of rotatable bonds is 1. The van der Waals surface area contributed by atoms with E-state index in [4.69, 9.17) is 0 Å². The van der Waals surface area contributed by atoms with Crippen LogP contribution in [0.1, 0.15) is 13.8 Å². The molecule has 0 saturated heterocycles. The number of hydrogen-bond donors (Lipinski definition) is 0. The average molecular weight is 138 g/mol. The van der Waals surface area contributed by atoms with Crippen LogP contribution in [0.25, 0.3) is 0 Å². The summed E-state index contributed by atoms with van der Waals surface area (Å²) in [5.74, 6) is -2.65. The van der Waals surface area contributed by atoms with Crippen LogP contribution in [0.15, 0.2) is 0 Å². The molecule has 4 nitrogen and oxygen atoms in total. The molecule has 0 rings (SSSR count). The summed E-state index contributed by atoms with van der Waals surface area (Å²) in [7, 11) is 0. The van der Waals surface area contributed by atoms with E-state index in [1.807, 2.05) is 0 Å². The van der Waals surface area contributed by atoms with Crippen molar-refractivity contribution < 1.29 is 19.1 Å². The van der Waals surface area contributed by atoms with Gasteiger partial charge in [-0.1, -0.05) is 0 Å². The molecule has 0 bridgehead atoms. The van der Waals surface area contributed by atoms with Gasteiger partial charge in [0, 0.05) is 13.8 Å². The Bertz CT molecular complexity index is 163. The number of esters is 2. The van der Waals surface area contributed by atoms with E-state index in [0.29, 0.717) is 0 Å². The minimum atomic E-state index is -1.11. The van der Waals surface area contributed by atoms with Crippen LogP contribution < -0.4 is 0 Å². The Morgan fingerprint density at radius 1 is 1.10 bits per heavy atom. The molecular weight excluding hydrogens is 131 g/mol. The number of carbonyl (C=O) groups excluding carboxylic acids is 3. The molecule has 0 atom stereocenters. The maximum atomic E-state index is 10.2. The molecule has 10 heavy (non-hydrogen) atoms. The van der Waals surface area contributed by atoms with Crippen LogP contribution in [-0.4, -0.2) is 36.6 Å². The molecule has 0 aliphatic heterocycles. The Hall–Kier alpha value is -0.593. The van der Waals surface area contributed by atoms with E-state index in [9.17, 15) is 14.4 Å². The van der Waals surface area contributed by atoms with Gasteiger partial charge in [0.05, 0.1) is 0 Å². The van der Waals surface area contributed by atoms with E-state index in [-0.39, 0.29) is 18.9 Å². The van der Waals surface area contributed by atoms with Gasteiger partial charge in [-0.15, -0.1) is 0 Å². The summed E-state index contributed by atoms with van der Waals surface area (Å²) in [5, 5.41) is 0. The fourth-order valence-electron chi connectivity index (χ4n) is 0.202. The van der Waals surface area contributed by atoms with Crippen molar-refractivity contribution in [3.8, 4) is 0 Å². The van der Waals surface area contributed by atoms with Crippen molar-refractivity contribution >= 4 is 36.6 Å². The van der Waals surface area contributed by atoms with Crippen LogP contribution in [0.4, 0.5) is 0 Å². The molecule has 0 aromatic heterocycles. The molecule has 52 valence electrons. The molecule has 0 radical (unpaired) electrons. The van der Waals surface area contributed by atoms with Gasteiger partial charge in [-0.25, -0.2) is 4.79 Å². The third-order valence-electron chi connectivity index (χ3n) is 0.524. The topological polar surface area (TPSA) is 60.4 Å². The van der Waals surface area contributed by atoms with Crippen molar-refractivity contribution in [3.63, 3.8) is 0 Å². The summed E-state index contributed by atoms with van der Waals surface area (Å²) in [6, 6.07) is 0. The van der Waals surface area contributed by atoms with Crippen molar-refractivity contribution in [3.05, 3.63) is 0 Å². The summed E-state index contributed by atoms with van der Waals surface area (Å²) in [6.07, 6.45) is 0. The van der Waals surface area contributed by atoms with E-state index < -0.39 is 17.7 Å². The van der Waals surface area contributed by atoms with Gasteiger partial charge in [0.15, 0.2) is 0 Å². The Labute approximate surface area is 70.1 Å². The fraction of sp³-hybridized carbons (Fsp3) is 0.400. The molecule has 0 heterocycles. The standard InChI is InChI=1S/C5H6O4.Li.H/c1-3(6)5(8)9-4(2)7;;/h1-2H3;;. The van der Waals surface area contributed by atoms with Crippen LogP contribution in [0, 0.1) is 0 Å². The summed E-state index contributed by atoms with van der Waals surface area (Å²) in [6.45, 7) is 2.09. The quantitative estimate of drug-likeness (QED) is 0.202. The number of ether oxygens (including phenoxy) is 1. The van der Waals surface area contributed by atoms with Gasteiger partial charge in [0.2, 0.25) is 5.78 Å². The molecule has 0 spiro atoms. The zero-order chi connectivity index (χ0) is 7.44. The van der Waals surface area contributed by atoms with Gasteiger partial charge in [-0.2, -0.15) is 0 Å². The van der Waals surface area contributed by atoms with E-state index in [1.54, 1.807) is 0 Å². The van der Waals surface area contributed by atoms with Crippen molar-refractivity contribution in [2.24, 2.45) is 0 Å². The first-order chi connectivity index (χ1) is 4.04. The van der Waals surface area contributed by atoms with Gasteiger partial charge >= 0.3 is 30.8 Å². The molecule has 5 heteroatoms. The second-order valence-corrected chi connectivity index (χ2v) is 1.44. The van der Waals surface area contributed by atoms with Crippen molar-refractivity contribution in [1.82, 2.24) is 0 Å². The van der Waals surface area contributed by atoms with E-state index in [0.717, 1.165) is 13.8 Å². The van der Waals surface area contributed by atoms with E-state index >= 15 is 0 Å². The Morgan fingerprint density at radius 2 is 1.50 bits per heavy atom. The van der Waals surface area contributed by atoms with Crippen LogP contribution in [0.5, 0.6) is 0 Å². The number of Topliss-reactive ketones (excluding diaryl/α,β-unsaturated/α-hetero) is 1. The van der Waals surface area contributed by atoms with Crippen molar-refractivity contribution in [2.45, 2.75) is 13.8 Å². The molecule has 0 saturated carbocycles. The Balaban J connectivity index is 0. The molecule has 0 unspecified atom stereocenters. The fourth-order valence-corrected chi connectivity index (χ4v) is 0.202. The van der Waals surface area contributed by atoms with Crippen LogP contribution >= 0.6 is 0 Å². The first-order valence-corrected chi connectivity index (χ1v) is 2.27. The summed E-state index contributed by atoms with van der Waals surface area (Å²) in [5.41, 5.74) is 0. The predicted molar refractivity (Wildman–Crippen MR) is 34.6 cm³/mol. The van der Waals surface area contributed by atoms with E-state index in [1.165, 1.54) is 0 Å². The second-order valence-electron chi connectivity index (χ2n) is 1.44. The molecule has 0 fully saturated rings.